The van der Waals surface area contributed by atoms with E-state index in [1.54, 1.807) is 49.4 Å². The lowest BCUT2D eigenvalue weighted by Crippen LogP contribution is -2.40. The minimum absolute atomic E-state index is 0.0442. The molecule has 2 aromatic carbocycles. The van der Waals surface area contributed by atoms with Crippen molar-refractivity contribution in [3.8, 4) is 35.3 Å². The smallest absolute Gasteiger partial charge is 0.338 e. The Bertz CT molecular complexity index is 1710. The van der Waals surface area contributed by atoms with E-state index in [9.17, 15) is 9.59 Å². The van der Waals surface area contributed by atoms with Crippen LogP contribution in [0.5, 0.6) is 23.0 Å². The van der Waals surface area contributed by atoms with E-state index in [4.69, 9.17) is 34.8 Å². The van der Waals surface area contributed by atoms with Crippen LogP contribution in [0.1, 0.15) is 31.0 Å². The number of para-hydroxylation sites is 1. The minimum atomic E-state index is -0.885. The number of carbonyl (C=O) groups excluding carboxylic acids is 1. The SMILES string of the molecule is C#CCOc1ccc(/C=c2/sc3n(c2=O)[C@H](c2cccc(OC)c2OCC)C(C(=O)OCCOC)=C(C)N=3)cc1OC. The van der Waals surface area contributed by atoms with Crippen LogP contribution in [0.3, 0.4) is 0 Å². The number of thiazole rings is 1. The lowest BCUT2D eigenvalue weighted by Gasteiger charge is -2.27. The van der Waals surface area contributed by atoms with Gasteiger partial charge in [-0.05, 0) is 43.7 Å². The van der Waals surface area contributed by atoms with Gasteiger partial charge in [-0.2, -0.15) is 0 Å². The van der Waals surface area contributed by atoms with Crippen molar-refractivity contribution in [3.05, 3.63) is 78.5 Å². The molecule has 0 amide bonds. The minimum Gasteiger partial charge on any atom is -0.493 e. The van der Waals surface area contributed by atoms with Gasteiger partial charge in [0, 0.05) is 12.7 Å². The molecular weight excluding hydrogens is 560 g/mol. The summed E-state index contributed by atoms with van der Waals surface area (Å²) >= 11 is 1.21. The molecule has 220 valence electrons. The van der Waals surface area contributed by atoms with Crippen molar-refractivity contribution >= 4 is 23.4 Å². The normalized spacial score (nSPS) is 14.5. The van der Waals surface area contributed by atoms with Crippen LogP contribution in [0, 0.1) is 12.3 Å². The standard InChI is InChI=1S/C31H32N2O8S/c1-7-14-40-22-13-12-20(17-24(22)38-6)18-25-29(34)33-27(21-10-9-11-23(37-5)28(21)39-8-2)26(19(3)32-31(33)42-25)30(35)41-16-15-36-4/h1,9-13,17-18,27H,8,14-16H2,2-6H3/b25-18+/t27-/m1/s1. The molecule has 0 radical (unpaired) electrons. The number of aromatic nitrogens is 1. The van der Waals surface area contributed by atoms with E-state index in [-0.39, 0.29) is 31.0 Å². The van der Waals surface area contributed by atoms with Gasteiger partial charge in [-0.15, -0.1) is 6.42 Å². The van der Waals surface area contributed by atoms with E-state index >= 15 is 0 Å². The molecule has 0 aliphatic carbocycles. The first-order valence-electron chi connectivity index (χ1n) is 13.1. The Morgan fingerprint density at radius 3 is 2.57 bits per heavy atom. The summed E-state index contributed by atoms with van der Waals surface area (Å²) in [5.74, 6) is 3.67. The third-order valence-corrected chi connectivity index (χ3v) is 7.35. The molecule has 0 N–H and O–H groups in total. The zero-order valence-corrected chi connectivity index (χ0v) is 24.9. The molecule has 42 heavy (non-hydrogen) atoms. The van der Waals surface area contributed by atoms with E-state index in [2.05, 4.69) is 10.9 Å². The van der Waals surface area contributed by atoms with E-state index in [1.807, 2.05) is 6.92 Å². The molecule has 4 rings (SSSR count). The number of rotatable bonds is 12. The van der Waals surface area contributed by atoms with Crippen LogP contribution in [-0.2, 0) is 14.3 Å². The van der Waals surface area contributed by atoms with Crippen LogP contribution in [0.15, 0.2) is 57.5 Å². The Balaban J connectivity index is 1.92. The fourth-order valence-electron chi connectivity index (χ4n) is 4.54. The Morgan fingerprint density at radius 2 is 1.88 bits per heavy atom. The van der Waals surface area contributed by atoms with Gasteiger partial charge in [0.2, 0.25) is 0 Å². The molecule has 2 heterocycles. The average molecular weight is 593 g/mol. The number of terminal acetylenes is 1. The highest BCUT2D eigenvalue weighted by Crippen LogP contribution is 2.40. The van der Waals surface area contributed by atoms with Gasteiger partial charge in [-0.1, -0.05) is 35.5 Å². The largest absolute Gasteiger partial charge is 0.493 e. The quantitative estimate of drug-likeness (QED) is 0.180. The number of esters is 1. The fraction of sp³-hybridized carbons (Fsp3) is 0.323. The number of fused-ring (bicyclic) bond motifs is 1. The Kier molecular flexibility index (Phi) is 10.1. The van der Waals surface area contributed by atoms with Crippen LogP contribution >= 0.6 is 11.3 Å². The van der Waals surface area contributed by atoms with Crippen LogP contribution in [0.25, 0.3) is 6.08 Å². The number of methoxy groups -OCH3 is 3. The fourth-order valence-corrected chi connectivity index (χ4v) is 5.59. The molecule has 1 aliphatic rings. The van der Waals surface area contributed by atoms with Crippen molar-refractivity contribution in [1.82, 2.24) is 4.57 Å². The van der Waals surface area contributed by atoms with Crippen molar-refractivity contribution in [2.75, 3.05) is 47.8 Å². The van der Waals surface area contributed by atoms with Gasteiger partial charge in [0.25, 0.3) is 5.56 Å². The number of hydrogen-bond acceptors (Lipinski definition) is 10. The van der Waals surface area contributed by atoms with E-state index in [0.29, 0.717) is 55.8 Å². The Morgan fingerprint density at radius 1 is 1.10 bits per heavy atom. The molecular formula is C31H32N2O8S. The number of carbonyl (C=O) groups is 1. The summed E-state index contributed by atoms with van der Waals surface area (Å²) in [6.45, 7) is 4.27. The zero-order chi connectivity index (χ0) is 30.2. The molecule has 10 nitrogen and oxygen atoms in total. The van der Waals surface area contributed by atoms with Crippen molar-refractivity contribution < 1.29 is 33.2 Å². The Labute approximate surface area is 247 Å². The number of hydrogen-bond donors (Lipinski definition) is 0. The molecule has 0 bridgehead atoms. The molecule has 3 aromatic rings. The van der Waals surface area contributed by atoms with Gasteiger partial charge in [-0.3, -0.25) is 9.36 Å². The molecule has 11 heteroatoms. The summed E-state index contributed by atoms with van der Waals surface area (Å²) in [6.07, 6.45) is 7.04. The zero-order valence-electron chi connectivity index (χ0n) is 24.1. The van der Waals surface area contributed by atoms with Gasteiger partial charge in [0.15, 0.2) is 27.8 Å². The highest BCUT2D eigenvalue weighted by Gasteiger charge is 2.36. The maximum atomic E-state index is 14.1. The molecule has 0 saturated heterocycles. The molecule has 0 fully saturated rings. The monoisotopic (exact) mass is 592 g/mol. The predicted molar refractivity (Wildman–Crippen MR) is 158 cm³/mol. The van der Waals surface area contributed by atoms with E-state index in [0.717, 1.165) is 0 Å². The summed E-state index contributed by atoms with van der Waals surface area (Å²) in [7, 11) is 4.57. The van der Waals surface area contributed by atoms with Crippen molar-refractivity contribution in [2.24, 2.45) is 4.99 Å². The summed E-state index contributed by atoms with van der Waals surface area (Å²) in [6, 6.07) is 9.73. The van der Waals surface area contributed by atoms with E-state index in [1.165, 1.54) is 37.2 Å². The number of benzene rings is 2. The molecule has 0 unspecified atom stereocenters. The molecule has 1 aromatic heterocycles. The number of nitrogens with zero attached hydrogens (tertiary/aromatic N) is 2. The first kappa shape index (κ1) is 30.4. The van der Waals surface area contributed by atoms with Gasteiger partial charge in [0.1, 0.15) is 19.3 Å². The number of allylic oxidation sites excluding steroid dienone is 1. The summed E-state index contributed by atoms with van der Waals surface area (Å²) in [5.41, 5.74) is 1.57. The second kappa shape index (κ2) is 13.9. The Hall–Kier alpha value is -4.53. The highest BCUT2D eigenvalue weighted by molar-refractivity contribution is 7.07. The first-order chi connectivity index (χ1) is 20.4. The first-order valence-corrected chi connectivity index (χ1v) is 13.9. The molecule has 0 spiro atoms. The van der Waals surface area contributed by atoms with Gasteiger partial charge >= 0.3 is 5.97 Å². The van der Waals surface area contributed by atoms with Crippen molar-refractivity contribution in [1.29, 1.82) is 0 Å². The van der Waals surface area contributed by atoms with Crippen molar-refractivity contribution in [2.45, 2.75) is 19.9 Å². The molecule has 1 atom stereocenters. The lowest BCUT2D eigenvalue weighted by atomic mass is 9.94. The van der Waals surface area contributed by atoms with E-state index < -0.39 is 12.0 Å². The third-order valence-electron chi connectivity index (χ3n) is 6.37. The molecule has 1 aliphatic heterocycles. The lowest BCUT2D eigenvalue weighted by molar-refractivity contribution is -0.140. The van der Waals surface area contributed by atoms with Crippen LogP contribution in [0.4, 0.5) is 0 Å². The maximum absolute atomic E-state index is 14.1. The topological polar surface area (TPSA) is 107 Å². The maximum Gasteiger partial charge on any atom is 0.338 e. The van der Waals surface area contributed by atoms with Crippen LogP contribution in [-0.4, -0.2) is 58.3 Å². The van der Waals surface area contributed by atoms with Gasteiger partial charge in [-0.25, -0.2) is 9.79 Å². The van der Waals surface area contributed by atoms with Gasteiger partial charge < -0.3 is 28.4 Å². The summed E-state index contributed by atoms with van der Waals surface area (Å²) in [4.78, 5) is 32.6. The summed E-state index contributed by atoms with van der Waals surface area (Å²) in [5, 5.41) is 0. The third kappa shape index (κ3) is 6.20. The second-order valence-electron chi connectivity index (χ2n) is 8.93. The second-order valence-corrected chi connectivity index (χ2v) is 9.93. The van der Waals surface area contributed by atoms with Gasteiger partial charge in [0.05, 0.1) is 43.2 Å². The molecule has 0 saturated carbocycles. The predicted octanol–water partition coefficient (Wildman–Crippen LogP) is 2.85. The summed E-state index contributed by atoms with van der Waals surface area (Å²) < 4.78 is 35.0. The van der Waals surface area contributed by atoms with Crippen LogP contribution in [0.2, 0.25) is 0 Å². The highest BCUT2D eigenvalue weighted by atomic mass is 32.1. The van der Waals surface area contributed by atoms with Crippen molar-refractivity contribution in [3.63, 3.8) is 0 Å². The average Bonchev–Trinajstić information content (AvgIpc) is 3.29. The van der Waals surface area contributed by atoms with Crippen LogP contribution < -0.4 is 33.8 Å². The number of ether oxygens (including phenoxy) is 6.